The summed E-state index contributed by atoms with van der Waals surface area (Å²) in [6.07, 6.45) is 6.29. The summed E-state index contributed by atoms with van der Waals surface area (Å²) in [5.41, 5.74) is 0. The van der Waals surface area contributed by atoms with E-state index in [0.29, 0.717) is 26.1 Å². The Morgan fingerprint density at radius 1 is 1.33 bits per heavy atom. The molecule has 1 aliphatic rings. The Morgan fingerprint density at radius 2 is 2.05 bits per heavy atom. The van der Waals surface area contributed by atoms with Crippen LogP contribution in [0.15, 0.2) is 12.7 Å². The zero-order chi connectivity index (χ0) is 15.2. The first-order chi connectivity index (χ1) is 10.1. The molecule has 1 aromatic heterocycles. The number of piperazine rings is 1. The van der Waals surface area contributed by atoms with E-state index in [1.165, 1.54) is 0 Å². The topological polar surface area (TPSA) is 71.3 Å². The van der Waals surface area contributed by atoms with Gasteiger partial charge >= 0.3 is 0 Å². The first-order valence-corrected chi connectivity index (χ1v) is 7.50. The first-order valence-electron chi connectivity index (χ1n) is 7.50. The number of unbranched alkanes of at least 4 members (excludes halogenated alkanes) is 1. The average molecular weight is 293 g/mol. The second kappa shape index (κ2) is 7.19. The summed E-state index contributed by atoms with van der Waals surface area (Å²) in [6, 6.07) is -0.294. The number of carbonyl (C=O) groups is 2. The highest BCUT2D eigenvalue weighted by molar-refractivity contribution is 5.88. The number of nitrogens with zero attached hydrogens (tertiary/aromatic N) is 5. The Balaban J connectivity index is 1.97. The van der Waals surface area contributed by atoms with Crippen molar-refractivity contribution in [3.63, 3.8) is 0 Å². The Labute approximate surface area is 124 Å². The van der Waals surface area contributed by atoms with Crippen LogP contribution in [0.2, 0.25) is 0 Å². The zero-order valence-corrected chi connectivity index (χ0v) is 12.7. The van der Waals surface area contributed by atoms with Crippen molar-refractivity contribution in [2.75, 3.05) is 20.1 Å². The van der Waals surface area contributed by atoms with E-state index in [2.05, 4.69) is 17.1 Å². The molecular formula is C14H23N5O2. The standard InChI is InChI=1S/C14H23N5O2/c1-3-4-5-12-14(21)17(2)8-9-19(12)13(20)6-7-18-10-15-16-11-18/h10-12H,3-9H2,1-2H3. The molecule has 0 saturated carbocycles. The minimum atomic E-state index is -0.294. The molecule has 1 aromatic rings. The third-order valence-electron chi connectivity index (χ3n) is 3.92. The highest BCUT2D eigenvalue weighted by atomic mass is 16.2. The van der Waals surface area contributed by atoms with Gasteiger partial charge in [-0.2, -0.15) is 0 Å². The van der Waals surface area contributed by atoms with Gasteiger partial charge in [-0.3, -0.25) is 9.59 Å². The monoisotopic (exact) mass is 293 g/mol. The number of carbonyl (C=O) groups excluding carboxylic acids is 2. The summed E-state index contributed by atoms with van der Waals surface area (Å²) in [4.78, 5) is 28.2. The van der Waals surface area contributed by atoms with Crippen molar-refractivity contribution < 1.29 is 9.59 Å². The third kappa shape index (κ3) is 3.80. The SMILES string of the molecule is CCCCC1C(=O)N(C)CCN1C(=O)CCn1cnnc1. The van der Waals surface area contributed by atoms with E-state index in [1.54, 1.807) is 34.1 Å². The van der Waals surface area contributed by atoms with E-state index in [9.17, 15) is 9.59 Å². The van der Waals surface area contributed by atoms with Crippen molar-refractivity contribution >= 4 is 11.8 Å². The quantitative estimate of drug-likeness (QED) is 0.767. The lowest BCUT2D eigenvalue weighted by molar-refractivity contribution is -0.150. The molecule has 7 heteroatoms. The summed E-state index contributed by atoms with van der Waals surface area (Å²) >= 11 is 0. The molecule has 1 fully saturated rings. The number of aromatic nitrogens is 3. The molecule has 116 valence electrons. The van der Waals surface area contributed by atoms with Crippen LogP contribution in [0.1, 0.15) is 32.6 Å². The van der Waals surface area contributed by atoms with Gasteiger partial charge in [-0.1, -0.05) is 19.8 Å². The predicted octanol–water partition coefficient (Wildman–Crippen LogP) is 0.528. The molecule has 1 atom stereocenters. The minimum absolute atomic E-state index is 0.0336. The number of rotatable bonds is 6. The van der Waals surface area contributed by atoms with Crippen LogP contribution < -0.4 is 0 Å². The van der Waals surface area contributed by atoms with Crippen molar-refractivity contribution in [1.82, 2.24) is 24.6 Å². The molecule has 1 unspecified atom stereocenters. The van der Waals surface area contributed by atoms with Crippen LogP contribution >= 0.6 is 0 Å². The van der Waals surface area contributed by atoms with Crippen molar-refractivity contribution in [1.29, 1.82) is 0 Å². The molecule has 1 saturated heterocycles. The average Bonchev–Trinajstić information content (AvgIpc) is 2.99. The molecule has 0 bridgehead atoms. The molecule has 21 heavy (non-hydrogen) atoms. The third-order valence-corrected chi connectivity index (χ3v) is 3.92. The summed E-state index contributed by atoms with van der Waals surface area (Å²) in [7, 11) is 1.81. The Morgan fingerprint density at radius 3 is 2.71 bits per heavy atom. The van der Waals surface area contributed by atoms with E-state index in [-0.39, 0.29) is 17.9 Å². The van der Waals surface area contributed by atoms with Gasteiger partial charge in [-0.15, -0.1) is 10.2 Å². The van der Waals surface area contributed by atoms with Gasteiger partial charge in [0, 0.05) is 33.1 Å². The van der Waals surface area contributed by atoms with Crippen molar-refractivity contribution in [3.8, 4) is 0 Å². The van der Waals surface area contributed by atoms with Gasteiger partial charge in [-0.25, -0.2) is 0 Å². The first kappa shape index (κ1) is 15.5. The van der Waals surface area contributed by atoms with Gasteiger partial charge in [-0.05, 0) is 6.42 Å². The van der Waals surface area contributed by atoms with Crippen LogP contribution in [0, 0.1) is 0 Å². The normalized spacial score (nSPS) is 19.1. The van der Waals surface area contributed by atoms with E-state index in [0.717, 1.165) is 19.3 Å². The lowest BCUT2D eigenvalue weighted by Crippen LogP contribution is -2.57. The number of likely N-dealkylation sites (N-methyl/N-ethyl adjacent to an activating group) is 1. The molecule has 0 N–H and O–H groups in total. The molecule has 2 heterocycles. The van der Waals surface area contributed by atoms with E-state index in [1.807, 2.05) is 0 Å². The smallest absolute Gasteiger partial charge is 0.245 e. The molecule has 0 aromatic carbocycles. The number of amides is 2. The largest absolute Gasteiger partial charge is 0.342 e. The number of aryl methyl sites for hydroxylation is 1. The highest BCUT2D eigenvalue weighted by Crippen LogP contribution is 2.17. The van der Waals surface area contributed by atoms with Crippen molar-refractivity contribution in [3.05, 3.63) is 12.7 Å². The van der Waals surface area contributed by atoms with E-state index < -0.39 is 0 Å². The Hall–Kier alpha value is -1.92. The summed E-state index contributed by atoms with van der Waals surface area (Å²) in [6.45, 7) is 3.87. The van der Waals surface area contributed by atoms with Crippen LogP contribution in [0.5, 0.6) is 0 Å². The maximum Gasteiger partial charge on any atom is 0.245 e. The second-order valence-corrected chi connectivity index (χ2v) is 5.45. The summed E-state index contributed by atoms with van der Waals surface area (Å²) in [5, 5.41) is 7.43. The van der Waals surface area contributed by atoms with Crippen LogP contribution in [0.4, 0.5) is 0 Å². The van der Waals surface area contributed by atoms with Gasteiger partial charge in [0.1, 0.15) is 18.7 Å². The molecule has 1 aliphatic heterocycles. The molecule has 0 spiro atoms. The molecule has 0 aliphatic carbocycles. The highest BCUT2D eigenvalue weighted by Gasteiger charge is 2.34. The second-order valence-electron chi connectivity index (χ2n) is 5.45. The fourth-order valence-corrected chi connectivity index (χ4v) is 2.59. The van der Waals surface area contributed by atoms with Gasteiger partial charge in [0.25, 0.3) is 0 Å². The Bertz CT molecular complexity index is 474. The fraction of sp³-hybridized carbons (Fsp3) is 0.714. The van der Waals surface area contributed by atoms with Gasteiger partial charge in [0.2, 0.25) is 11.8 Å². The van der Waals surface area contributed by atoms with Crippen LogP contribution in [-0.2, 0) is 16.1 Å². The Kier molecular flexibility index (Phi) is 5.30. The van der Waals surface area contributed by atoms with Crippen LogP contribution in [0.25, 0.3) is 0 Å². The molecular weight excluding hydrogens is 270 g/mol. The predicted molar refractivity (Wildman–Crippen MR) is 77.3 cm³/mol. The molecule has 2 amide bonds. The van der Waals surface area contributed by atoms with E-state index >= 15 is 0 Å². The molecule has 7 nitrogen and oxygen atoms in total. The maximum absolute atomic E-state index is 12.4. The molecule has 2 rings (SSSR count). The number of hydrogen-bond donors (Lipinski definition) is 0. The van der Waals surface area contributed by atoms with Gasteiger partial charge in [0.05, 0.1) is 0 Å². The van der Waals surface area contributed by atoms with Crippen molar-refractivity contribution in [2.45, 2.75) is 45.2 Å². The molecule has 0 radical (unpaired) electrons. The zero-order valence-electron chi connectivity index (χ0n) is 12.7. The number of hydrogen-bond acceptors (Lipinski definition) is 4. The van der Waals surface area contributed by atoms with Crippen LogP contribution in [-0.4, -0.2) is 62.6 Å². The van der Waals surface area contributed by atoms with E-state index in [4.69, 9.17) is 0 Å². The van der Waals surface area contributed by atoms with Gasteiger partial charge in [0.15, 0.2) is 0 Å². The van der Waals surface area contributed by atoms with Crippen molar-refractivity contribution in [2.24, 2.45) is 0 Å². The lowest BCUT2D eigenvalue weighted by atomic mass is 10.0. The summed E-state index contributed by atoms with van der Waals surface area (Å²) < 4.78 is 1.77. The van der Waals surface area contributed by atoms with Gasteiger partial charge < -0.3 is 14.4 Å². The fourth-order valence-electron chi connectivity index (χ4n) is 2.59. The maximum atomic E-state index is 12.4. The lowest BCUT2D eigenvalue weighted by Gasteiger charge is -2.39. The summed E-state index contributed by atoms with van der Waals surface area (Å²) in [5.74, 6) is 0.0959. The van der Waals surface area contributed by atoms with Crippen LogP contribution in [0.3, 0.4) is 0 Å². The minimum Gasteiger partial charge on any atom is -0.342 e.